The summed E-state index contributed by atoms with van der Waals surface area (Å²) < 4.78 is 0. The Balaban J connectivity index is 2.33. The van der Waals surface area contributed by atoms with Gasteiger partial charge in [0.1, 0.15) is 0 Å². The summed E-state index contributed by atoms with van der Waals surface area (Å²) in [7, 11) is 1.63. The van der Waals surface area contributed by atoms with Gasteiger partial charge in [-0.3, -0.25) is 9.69 Å². The third-order valence-electron chi connectivity index (χ3n) is 3.21. The summed E-state index contributed by atoms with van der Waals surface area (Å²) in [6.45, 7) is 2.40. The number of aryl methyl sites for hydroxylation is 1. The van der Waals surface area contributed by atoms with Crippen LogP contribution in [0.2, 0.25) is 0 Å². The van der Waals surface area contributed by atoms with Gasteiger partial charge in [0.05, 0.1) is 5.92 Å². The van der Waals surface area contributed by atoms with Crippen LogP contribution in [0.1, 0.15) is 5.56 Å². The molecule has 0 spiro atoms. The van der Waals surface area contributed by atoms with E-state index in [2.05, 4.69) is 0 Å². The van der Waals surface area contributed by atoms with Crippen LogP contribution < -0.4 is 4.90 Å². The molecule has 2 amide bonds. The molecule has 1 aromatic rings. The zero-order valence-corrected chi connectivity index (χ0v) is 10.5. The highest BCUT2D eigenvalue weighted by Crippen LogP contribution is 2.25. The average Bonchev–Trinajstić information content (AvgIpc) is 2.33. The number of urea groups is 1. The Morgan fingerprint density at radius 1 is 1.33 bits per heavy atom. The van der Waals surface area contributed by atoms with E-state index in [1.54, 1.807) is 7.05 Å². The zero-order chi connectivity index (χ0) is 13.3. The van der Waals surface area contributed by atoms with Crippen molar-refractivity contribution in [3.8, 4) is 0 Å². The van der Waals surface area contributed by atoms with Gasteiger partial charge < -0.3 is 10.0 Å². The standard InChI is InChI=1S/C13H16N2O3/c1-9-5-3-4-6-11(9)15-8-10(12(16)17)7-14(2)13(15)18/h3-6,10H,7-8H2,1-2H3,(H,16,17). The molecule has 5 heteroatoms. The third kappa shape index (κ3) is 2.16. The van der Waals surface area contributed by atoms with Gasteiger partial charge in [-0.2, -0.15) is 0 Å². The molecule has 1 aromatic carbocycles. The molecular weight excluding hydrogens is 232 g/mol. The Hall–Kier alpha value is -2.04. The Morgan fingerprint density at radius 2 is 2.00 bits per heavy atom. The summed E-state index contributed by atoms with van der Waals surface area (Å²) in [4.78, 5) is 26.2. The molecule has 1 atom stereocenters. The second-order valence-electron chi connectivity index (χ2n) is 4.60. The Kier molecular flexibility index (Phi) is 3.23. The van der Waals surface area contributed by atoms with E-state index in [4.69, 9.17) is 5.11 Å². The van der Waals surface area contributed by atoms with Crippen LogP contribution in [0.15, 0.2) is 24.3 Å². The van der Waals surface area contributed by atoms with E-state index < -0.39 is 11.9 Å². The third-order valence-corrected chi connectivity index (χ3v) is 3.21. The number of carboxylic acid groups (broad SMARTS) is 1. The van der Waals surface area contributed by atoms with Crippen molar-refractivity contribution in [2.75, 3.05) is 25.0 Å². The van der Waals surface area contributed by atoms with Gasteiger partial charge in [0, 0.05) is 25.8 Å². The van der Waals surface area contributed by atoms with Gasteiger partial charge >= 0.3 is 12.0 Å². The Bertz CT molecular complexity index is 487. The first kappa shape index (κ1) is 12.4. The minimum Gasteiger partial charge on any atom is -0.481 e. The molecule has 1 unspecified atom stereocenters. The molecule has 5 nitrogen and oxygen atoms in total. The van der Waals surface area contributed by atoms with Gasteiger partial charge in [0.15, 0.2) is 0 Å². The molecule has 1 aliphatic rings. The molecule has 1 fully saturated rings. The predicted octanol–water partition coefficient (Wildman–Crippen LogP) is 1.57. The molecule has 1 N–H and O–H groups in total. The number of carbonyl (C=O) groups excluding carboxylic acids is 1. The summed E-state index contributed by atoms with van der Waals surface area (Å²) in [5.41, 5.74) is 1.74. The molecule has 0 aliphatic carbocycles. The minimum absolute atomic E-state index is 0.151. The van der Waals surface area contributed by atoms with Crippen molar-refractivity contribution >= 4 is 17.7 Å². The van der Waals surface area contributed by atoms with Gasteiger partial charge in [0.25, 0.3) is 0 Å². The smallest absolute Gasteiger partial charge is 0.324 e. The predicted molar refractivity (Wildman–Crippen MR) is 67.7 cm³/mol. The van der Waals surface area contributed by atoms with Gasteiger partial charge in [0.2, 0.25) is 0 Å². The lowest BCUT2D eigenvalue weighted by atomic mass is 10.0. The average molecular weight is 248 g/mol. The fourth-order valence-corrected chi connectivity index (χ4v) is 2.19. The number of benzene rings is 1. The molecule has 2 rings (SSSR count). The van der Waals surface area contributed by atoms with Crippen molar-refractivity contribution in [2.24, 2.45) is 5.92 Å². The van der Waals surface area contributed by atoms with Crippen molar-refractivity contribution in [1.82, 2.24) is 4.90 Å². The Labute approximate surface area is 106 Å². The van der Waals surface area contributed by atoms with Crippen molar-refractivity contribution < 1.29 is 14.7 Å². The second kappa shape index (κ2) is 4.68. The highest BCUT2D eigenvalue weighted by molar-refractivity contribution is 5.94. The number of anilines is 1. The van der Waals surface area contributed by atoms with Crippen molar-refractivity contribution in [2.45, 2.75) is 6.92 Å². The molecule has 1 heterocycles. The molecule has 18 heavy (non-hydrogen) atoms. The zero-order valence-electron chi connectivity index (χ0n) is 10.5. The Morgan fingerprint density at radius 3 is 2.61 bits per heavy atom. The van der Waals surface area contributed by atoms with Gasteiger partial charge in [-0.25, -0.2) is 4.79 Å². The van der Waals surface area contributed by atoms with Gasteiger partial charge in [-0.05, 0) is 18.6 Å². The number of carboxylic acids is 1. The lowest BCUT2D eigenvalue weighted by Crippen LogP contribution is -2.54. The maximum Gasteiger partial charge on any atom is 0.324 e. The molecule has 0 bridgehead atoms. The van der Waals surface area contributed by atoms with Crippen molar-refractivity contribution in [3.63, 3.8) is 0 Å². The first-order chi connectivity index (χ1) is 8.50. The van der Waals surface area contributed by atoms with E-state index in [1.165, 1.54) is 9.80 Å². The number of carbonyl (C=O) groups is 2. The van der Waals surface area contributed by atoms with E-state index in [-0.39, 0.29) is 19.1 Å². The number of rotatable bonds is 2. The summed E-state index contributed by atoms with van der Waals surface area (Å²) >= 11 is 0. The van der Waals surface area contributed by atoms with Crippen LogP contribution in [-0.2, 0) is 4.79 Å². The highest BCUT2D eigenvalue weighted by atomic mass is 16.4. The van der Waals surface area contributed by atoms with Crippen LogP contribution in [-0.4, -0.2) is 42.1 Å². The van der Waals surface area contributed by atoms with E-state index in [1.807, 2.05) is 31.2 Å². The summed E-state index contributed by atoms with van der Waals surface area (Å²) in [6.07, 6.45) is 0. The molecule has 0 saturated carbocycles. The summed E-state index contributed by atoms with van der Waals surface area (Å²) in [5, 5.41) is 9.11. The van der Waals surface area contributed by atoms with Crippen LogP contribution >= 0.6 is 0 Å². The summed E-state index contributed by atoms with van der Waals surface area (Å²) in [6, 6.07) is 7.34. The molecule has 0 aromatic heterocycles. The SMILES string of the molecule is Cc1ccccc1N1CC(C(=O)O)CN(C)C1=O. The van der Waals surface area contributed by atoms with Crippen LogP contribution in [0.4, 0.5) is 10.5 Å². The quantitative estimate of drug-likeness (QED) is 0.864. The number of para-hydroxylation sites is 1. The molecule has 0 radical (unpaired) electrons. The summed E-state index contributed by atoms with van der Waals surface area (Å²) in [5.74, 6) is -1.42. The number of aliphatic carboxylic acids is 1. The van der Waals surface area contributed by atoms with Crippen molar-refractivity contribution in [3.05, 3.63) is 29.8 Å². The topological polar surface area (TPSA) is 60.9 Å². The van der Waals surface area contributed by atoms with Gasteiger partial charge in [-0.1, -0.05) is 18.2 Å². The molecular formula is C13H16N2O3. The fraction of sp³-hybridized carbons (Fsp3) is 0.385. The normalized spacial score (nSPS) is 20.1. The largest absolute Gasteiger partial charge is 0.481 e. The maximum atomic E-state index is 12.1. The highest BCUT2D eigenvalue weighted by Gasteiger charge is 2.34. The van der Waals surface area contributed by atoms with Crippen LogP contribution in [0, 0.1) is 12.8 Å². The minimum atomic E-state index is -0.868. The fourth-order valence-electron chi connectivity index (χ4n) is 2.19. The lowest BCUT2D eigenvalue weighted by molar-refractivity contribution is -0.142. The first-order valence-electron chi connectivity index (χ1n) is 5.81. The number of hydrogen-bond donors (Lipinski definition) is 1. The monoisotopic (exact) mass is 248 g/mol. The second-order valence-corrected chi connectivity index (χ2v) is 4.60. The first-order valence-corrected chi connectivity index (χ1v) is 5.81. The molecule has 1 aliphatic heterocycles. The van der Waals surface area contributed by atoms with E-state index in [0.717, 1.165) is 11.3 Å². The lowest BCUT2D eigenvalue weighted by Gasteiger charge is -2.37. The van der Waals surface area contributed by atoms with Crippen LogP contribution in [0.5, 0.6) is 0 Å². The van der Waals surface area contributed by atoms with E-state index in [9.17, 15) is 9.59 Å². The van der Waals surface area contributed by atoms with Crippen LogP contribution in [0.3, 0.4) is 0 Å². The number of amides is 2. The number of nitrogens with zero attached hydrogens (tertiary/aromatic N) is 2. The van der Waals surface area contributed by atoms with Gasteiger partial charge in [-0.15, -0.1) is 0 Å². The molecule has 96 valence electrons. The van der Waals surface area contributed by atoms with E-state index in [0.29, 0.717) is 0 Å². The molecule has 1 saturated heterocycles. The number of hydrogen-bond acceptors (Lipinski definition) is 2. The van der Waals surface area contributed by atoms with Crippen LogP contribution in [0.25, 0.3) is 0 Å². The van der Waals surface area contributed by atoms with Crippen molar-refractivity contribution in [1.29, 1.82) is 0 Å². The maximum absolute atomic E-state index is 12.1. The van der Waals surface area contributed by atoms with E-state index >= 15 is 0 Å².